The second-order valence-corrected chi connectivity index (χ2v) is 8.42. The molecule has 0 saturated carbocycles. The topological polar surface area (TPSA) is 44.2 Å². The minimum absolute atomic E-state index is 0.703. The van der Waals surface area contributed by atoms with Gasteiger partial charge >= 0.3 is 0 Å². The van der Waals surface area contributed by atoms with E-state index in [1.165, 1.54) is 57.8 Å². The quantitative estimate of drug-likeness (QED) is 0.173. The number of alkyl halides is 1. The van der Waals surface area contributed by atoms with Crippen molar-refractivity contribution in [3.63, 3.8) is 0 Å². The van der Waals surface area contributed by atoms with E-state index in [0.29, 0.717) is 12.4 Å². The van der Waals surface area contributed by atoms with Crippen LogP contribution in [0, 0.1) is 0 Å². The summed E-state index contributed by atoms with van der Waals surface area (Å²) in [4.78, 5) is 8.90. The molecule has 1 heterocycles. The fraction of sp³-hybridized carbons (Fsp3) is 0.615. The molecule has 0 saturated heterocycles. The van der Waals surface area contributed by atoms with Gasteiger partial charge in [-0.25, -0.2) is 9.97 Å². The van der Waals surface area contributed by atoms with E-state index >= 15 is 0 Å². The van der Waals surface area contributed by atoms with Crippen LogP contribution in [-0.2, 0) is 0 Å². The van der Waals surface area contributed by atoms with Gasteiger partial charge in [0.15, 0.2) is 11.6 Å². The second-order valence-electron chi connectivity index (χ2n) is 8.04. The first-order chi connectivity index (χ1) is 15.3. The Morgan fingerprint density at radius 3 is 1.74 bits per heavy atom. The summed E-state index contributed by atoms with van der Waals surface area (Å²) in [6.07, 6.45) is 18.2. The van der Waals surface area contributed by atoms with E-state index in [0.717, 1.165) is 48.8 Å². The predicted octanol–water partition coefficient (Wildman–Crippen LogP) is 7.84. The average molecular weight is 447 g/mol. The number of ether oxygens (including phenoxy) is 2. The summed E-state index contributed by atoms with van der Waals surface area (Å²) in [5.41, 5.74) is 0.982. The van der Waals surface area contributed by atoms with Gasteiger partial charge < -0.3 is 9.47 Å². The average Bonchev–Trinajstić information content (AvgIpc) is 2.81. The monoisotopic (exact) mass is 446 g/mol. The van der Waals surface area contributed by atoms with Crippen molar-refractivity contribution in [1.82, 2.24) is 9.97 Å². The van der Waals surface area contributed by atoms with Crippen LogP contribution in [0.1, 0.15) is 84.0 Å². The summed E-state index contributed by atoms with van der Waals surface area (Å²) in [5.74, 6) is 3.11. The molecule has 31 heavy (non-hydrogen) atoms. The van der Waals surface area contributed by atoms with Crippen molar-refractivity contribution < 1.29 is 9.47 Å². The molecule has 0 amide bonds. The second kappa shape index (κ2) is 16.8. The number of hydrogen-bond donors (Lipinski definition) is 0. The Labute approximate surface area is 193 Å². The molecule has 0 unspecified atom stereocenters. The fourth-order valence-corrected chi connectivity index (χ4v) is 3.60. The Kier molecular flexibility index (Phi) is 13.8. The van der Waals surface area contributed by atoms with Crippen LogP contribution in [0.5, 0.6) is 11.5 Å². The highest BCUT2D eigenvalue weighted by Crippen LogP contribution is 2.21. The zero-order valence-electron chi connectivity index (χ0n) is 19.2. The van der Waals surface area contributed by atoms with Crippen molar-refractivity contribution in [2.45, 2.75) is 84.0 Å². The maximum atomic E-state index is 5.85. The van der Waals surface area contributed by atoms with Crippen LogP contribution in [0.25, 0.3) is 11.4 Å². The highest BCUT2D eigenvalue weighted by atomic mass is 35.5. The molecule has 1 aromatic heterocycles. The summed E-state index contributed by atoms with van der Waals surface area (Å²) in [6.45, 7) is 3.74. The molecule has 0 aliphatic rings. The molecule has 0 bridgehead atoms. The molecule has 0 fully saturated rings. The summed E-state index contributed by atoms with van der Waals surface area (Å²) in [7, 11) is 0. The van der Waals surface area contributed by atoms with Gasteiger partial charge in [-0.05, 0) is 43.5 Å². The zero-order valence-corrected chi connectivity index (χ0v) is 19.9. The third-order valence-corrected chi connectivity index (χ3v) is 5.57. The lowest BCUT2D eigenvalue weighted by Gasteiger charge is -2.08. The van der Waals surface area contributed by atoms with Crippen LogP contribution in [0.3, 0.4) is 0 Å². The Balaban J connectivity index is 1.63. The third-order valence-electron chi connectivity index (χ3n) is 5.30. The van der Waals surface area contributed by atoms with E-state index < -0.39 is 0 Å². The lowest BCUT2D eigenvalue weighted by molar-refractivity contribution is 0.302. The molecule has 2 aromatic rings. The van der Waals surface area contributed by atoms with E-state index in [9.17, 15) is 0 Å². The summed E-state index contributed by atoms with van der Waals surface area (Å²) in [6, 6.07) is 8.01. The first-order valence-electron chi connectivity index (χ1n) is 12.1. The van der Waals surface area contributed by atoms with E-state index in [2.05, 4.69) is 16.9 Å². The Morgan fingerprint density at radius 1 is 0.645 bits per heavy atom. The SMILES string of the molecule is CCCCCCCCOc1ccc(-c2ncc(OCCCCCCCCCl)cn2)cc1. The van der Waals surface area contributed by atoms with Gasteiger partial charge in [-0.2, -0.15) is 0 Å². The third kappa shape index (κ3) is 11.4. The van der Waals surface area contributed by atoms with Crippen LogP contribution in [0.4, 0.5) is 0 Å². The standard InChI is InChI=1S/C26H39ClN2O2/c1-2-3-4-5-9-12-19-30-24-16-14-23(15-17-24)26-28-21-25(22-29-26)31-20-13-10-7-6-8-11-18-27/h14-17,21-22H,2-13,18-20H2,1H3. The van der Waals surface area contributed by atoms with Crippen molar-refractivity contribution in [2.75, 3.05) is 19.1 Å². The van der Waals surface area contributed by atoms with Gasteiger partial charge in [0, 0.05) is 11.4 Å². The fourth-order valence-electron chi connectivity index (χ4n) is 3.41. The molecule has 5 heteroatoms. The number of unbranched alkanes of at least 4 members (excludes halogenated alkanes) is 10. The van der Waals surface area contributed by atoms with Gasteiger partial charge in [0.2, 0.25) is 0 Å². The van der Waals surface area contributed by atoms with Crippen molar-refractivity contribution >= 4 is 11.6 Å². The van der Waals surface area contributed by atoms with Crippen LogP contribution in [-0.4, -0.2) is 29.1 Å². The van der Waals surface area contributed by atoms with Crippen LogP contribution < -0.4 is 9.47 Å². The van der Waals surface area contributed by atoms with Crippen molar-refractivity contribution in [3.05, 3.63) is 36.7 Å². The summed E-state index contributed by atoms with van der Waals surface area (Å²) in [5, 5.41) is 0. The molecule has 0 N–H and O–H groups in total. The highest BCUT2D eigenvalue weighted by molar-refractivity contribution is 6.17. The zero-order chi connectivity index (χ0) is 22.0. The van der Waals surface area contributed by atoms with Crippen molar-refractivity contribution in [2.24, 2.45) is 0 Å². The first-order valence-corrected chi connectivity index (χ1v) is 12.6. The van der Waals surface area contributed by atoms with Crippen LogP contribution in [0.15, 0.2) is 36.7 Å². The smallest absolute Gasteiger partial charge is 0.159 e. The molecule has 4 nitrogen and oxygen atoms in total. The van der Waals surface area contributed by atoms with Gasteiger partial charge in [0.1, 0.15) is 5.75 Å². The number of halogens is 1. The normalized spacial score (nSPS) is 10.9. The summed E-state index contributed by atoms with van der Waals surface area (Å²) < 4.78 is 11.6. The lowest BCUT2D eigenvalue weighted by Crippen LogP contribution is -1.99. The van der Waals surface area contributed by atoms with E-state index in [1.54, 1.807) is 12.4 Å². The Bertz CT molecular complexity index is 677. The molecule has 0 radical (unpaired) electrons. The van der Waals surface area contributed by atoms with Crippen molar-refractivity contribution in [3.8, 4) is 22.9 Å². The molecule has 0 atom stereocenters. The largest absolute Gasteiger partial charge is 0.494 e. The lowest BCUT2D eigenvalue weighted by atomic mass is 10.1. The van der Waals surface area contributed by atoms with Crippen molar-refractivity contribution in [1.29, 1.82) is 0 Å². The van der Waals surface area contributed by atoms with E-state index in [-0.39, 0.29) is 0 Å². The number of benzene rings is 1. The van der Waals surface area contributed by atoms with E-state index in [4.69, 9.17) is 21.1 Å². The molecule has 1 aromatic carbocycles. The molecule has 0 aliphatic carbocycles. The van der Waals surface area contributed by atoms with E-state index in [1.807, 2.05) is 24.3 Å². The molecule has 0 spiro atoms. The highest BCUT2D eigenvalue weighted by Gasteiger charge is 2.03. The molecule has 0 aliphatic heterocycles. The minimum atomic E-state index is 0.703. The number of nitrogens with zero attached hydrogens (tertiary/aromatic N) is 2. The first kappa shape index (κ1) is 25.5. The van der Waals surface area contributed by atoms with Gasteiger partial charge in [-0.1, -0.05) is 64.7 Å². The maximum Gasteiger partial charge on any atom is 0.159 e. The number of rotatable bonds is 18. The maximum absolute atomic E-state index is 5.85. The Hall–Kier alpha value is -1.81. The molecular weight excluding hydrogens is 408 g/mol. The van der Waals surface area contributed by atoms with Crippen LogP contribution >= 0.6 is 11.6 Å². The number of aromatic nitrogens is 2. The molecular formula is C26H39ClN2O2. The predicted molar refractivity (Wildman–Crippen MR) is 130 cm³/mol. The molecule has 172 valence electrons. The van der Waals surface area contributed by atoms with Gasteiger partial charge in [-0.3, -0.25) is 0 Å². The van der Waals surface area contributed by atoms with Gasteiger partial charge in [0.05, 0.1) is 25.6 Å². The summed E-state index contributed by atoms with van der Waals surface area (Å²) >= 11 is 5.69. The molecule has 2 rings (SSSR count). The number of hydrogen-bond acceptors (Lipinski definition) is 4. The Morgan fingerprint density at radius 2 is 1.16 bits per heavy atom. The van der Waals surface area contributed by atoms with Gasteiger partial charge in [-0.15, -0.1) is 11.6 Å². The minimum Gasteiger partial charge on any atom is -0.494 e. The van der Waals surface area contributed by atoms with Crippen LogP contribution in [0.2, 0.25) is 0 Å². The van der Waals surface area contributed by atoms with Gasteiger partial charge in [0.25, 0.3) is 0 Å².